The van der Waals surface area contributed by atoms with Gasteiger partial charge in [0.1, 0.15) is 11.2 Å². The minimum atomic E-state index is -0.978. The number of benzene rings is 1. The maximum Gasteiger partial charge on any atom is 0.242 e. The van der Waals surface area contributed by atoms with E-state index in [0.29, 0.717) is 38.3 Å². The minimum absolute atomic E-state index is 0.129. The smallest absolute Gasteiger partial charge is 0.242 e. The standard InChI is InChI=1S/C16H20FN3O/c1-16(2,12-18)15(21)20-9-7-19(8-10-20)11-13-5-3-4-6-14(13)17/h3-6H,7-11H2,1-2H3. The Labute approximate surface area is 124 Å². The molecule has 0 radical (unpaired) electrons. The number of halogens is 1. The van der Waals surface area contributed by atoms with E-state index in [4.69, 9.17) is 5.26 Å². The molecule has 4 nitrogen and oxygen atoms in total. The molecule has 5 heteroatoms. The summed E-state index contributed by atoms with van der Waals surface area (Å²) >= 11 is 0. The van der Waals surface area contributed by atoms with Crippen molar-refractivity contribution in [3.05, 3.63) is 35.6 Å². The number of hydrogen-bond donors (Lipinski definition) is 0. The van der Waals surface area contributed by atoms with Crippen molar-refractivity contribution in [2.24, 2.45) is 5.41 Å². The molecule has 112 valence electrons. The van der Waals surface area contributed by atoms with Gasteiger partial charge in [-0.1, -0.05) is 18.2 Å². The zero-order valence-electron chi connectivity index (χ0n) is 12.5. The Morgan fingerprint density at radius 3 is 2.48 bits per heavy atom. The number of nitrogens with zero attached hydrogens (tertiary/aromatic N) is 3. The summed E-state index contributed by atoms with van der Waals surface area (Å²) in [5.74, 6) is -0.322. The van der Waals surface area contributed by atoms with Crippen molar-refractivity contribution in [3.63, 3.8) is 0 Å². The van der Waals surface area contributed by atoms with Crippen LogP contribution in [0.3, 0.4) is 0 Å². The highest BCUT2D eigenvalue weighted by atomic mass is 19.1. The van der Waals surface area contributed by atoms with Gasteiger partial charge in [-0.2, -0.15) is 5.26 Å². The van der Waals surface area contributed by atoms with Crippen molar-refractivity contribution >= 4 is 5.91 Å². The van der Waals surface area contributed by atoms with Gasteiger partial charge in [0.25, 0.3) is 0 Å². The highest BCUT2D eigenvalue weighted by molar-refractivity contribution is 5.84. The summed E-state index contributed by atoms with van der Waals surface area (Å²) in [7, 11) is 0. The van der Waals surface area contributed by atoms with Crippen LogP contribution < -0.4 is 0 Å². The Bertz CT molecular complexity index is 557. The van der Waals surface area contributed by atoms with Crippen LogP contribution in [0, 0.1) is 22.6 Å². The van der Waals surface area contributed by atoms with Crippen LogP contribution >= 0.6 is 0 Å². The lowest BCUT2D eigenvalue weighted by atomic mass is 9.93. The molecule has 21 heavy (non-hydrogen) atoms. The van der Waals surface area contributed by atoms with Gasteiger partial charge in [0.15, 0.2) is 0 Å². The molecule has 0 spiro atoms. The molecule has 0 bridgehead atoms. The lowest BCUT2D eigenvalue weighted by Gasteiger charge is -2.36. The van der Waals surface area contributed by atoms with E-state index in [1.165, 1.54) is 6.07 Å². The number of rotatable bonds is 3. The molecule has 1 aromatic carbocycles. The lowest BCUT2D eigenvalue weighted by molar-refractivity contribution is -0.139. The number of carbonyl (C=O) groups is 1. The van der Waals surface area contributed by atoms with Crippen molar-refractivity contribution in [2.45, 2.75) is 20.4 Å². The van der Waals surface area contributed by atoms with E-state index >= 15 is 0 Å². The van der Waals surface area contributed by atoms with Crippen LogP contribution in [-0.4, -0.2) is 41.9 Å². The molecule has 1 heterocycles. The van der Waals surface area contributed by atoms with Gasteiger partial charge < -0.3 is 4.90 Å². The maximum atomic E-state index is 13.6. The Morgan fingerprint density at radius 2 is 1.90 bits per heavy atom. The molecule has 2 rings (SSSR count). The summed E-state index contributed by atoms with van der Waals surface area (Å²) in [5, 5.41) is 9.02. The second-order valence-corrected chi connectivity index (χ2v) is 5.90. The first-order chi connectivity index (χ1) is 9.94. The topological polar surface area (TPSA) is 47.3 Å². The summed E-state index contributed by atoms with van der Waals surface area (Å²) in [4.78, 5) is 16.0. The summed E-state index contributed by atoms with van der Waals surface area (Å²) in [6.07, 6.45) is 0. The average molecular weight is 289 g/mol. The van der Waals surface area contributed by atoms with Gasteiger partial charge in [0, 0.05) is 38.3 Å². The molecule has 1 aliphatic heterocycles. The third kappa shape index (κ3) is 3.59. The van der Waals surface area contributed by atoms with Crippen LogP contribution in [0.25, 0.3) is 0 Å². The first-order valence-electron chi connectivity index (χ1n) is 7.10. The largest absolute Gasteiger partial charge is 0.339 e. The predicted octanol–water partition coefficient (Wildman–Crippen LogP) is 2.02. The molecule has 1 amide bonds. The third-order valence-electron chi connectivity index (χ3n) is 3.83. The molecule has 1 fully saturated rings. The number of carbonyl (C=O) groups excluding carboxylic acids is 1. The van der Waals surface area contributed by atoms with Crippen LogP contribution in [-0.2, 0) is 11.3 Å². The Balaban J connectivity index is 1.91. The fraction of sp³-hybridized carbons (Fsp3) is 0.500. The monoisotopic (exact) mass is 289 g/mol. The highest BCUT2D eigenvalue weighted by Gasteiger charge is 2.33. The highest BCUT2D eigenvalue weighted by Crippen LogP contribution is 2.19. The van der Waals surface area contributed by atoms with E-state index < -0.39 is 5.41 Å². The van der Waals surface area contributed by atoms with E-state index in [0.717, 1.165) is 0 Å². The van der Waals surface area contributed by atoms with Gasteiger partial charge in [-0.3, -0.25) is 9.69 Å². The molecule has 0 unspecified atom stereocenters. The van der Waals surface area contributed by atoms with E-state index in [1.54, 1.807) is 30.9 Å². The van der Waals surface area contributed by atoms with E-state index in [9.17, 15) is 9.18 Å². The minimum Gasteiger partial charge on any atom is -0.339 e. The Morgan fingerprint density at radius 1 is 1.29 bits per heavy atom. The second kappa shape index (κ2) is 6.23. The molecular weight excluding hydrogens is 269 g/mol. The van der Waals surface area contributed by atoms with Gasteiger partial charge in [0.05, 0.1) is 6.07 Å². The fourth-order valence-corrected chi connectivity index (χ4v) is 2.42. The normalized spacial score (nSPS) is 16.6. The lowest BCUT2D eigenvalue weighted by Crippen LogP contribution is -2.51. The van der Waals surface area contributed by atoms with Crippen molar-refractivity contribution in [3.8, 4) is 6.07 Å². The van der Waals surface area contributed by atoms with Crippen molar-refractivity contribution in [2.75, 3.05) is 26.2 Å². The van der Waals surface area contributed by atoms with Crippen LogP contribution in [0.2, 0.25) is 0 Å². The first kappa shape index (κ1) is 15.5. The van der Waals surface area contributed by atoms with Gasteiger partial charge in [-0.15, -0.1) is 0 Å². The van der Waals surface area contributed by atoms with Gasteiger partial charge in [0.2, 0.25) is 5.91 Å². The molecule has 1 saturated heterocycles. The van der Waals surface area contributed by atoms with Gasteiger partial charge >= 0.3 is 0 Å². The predicted molar refractivity (Wildman–Crippen MR) is 77.7 cm³/mol. The number of piperazine rings is 1. The molecule has 0 aromatic heterocycles. The van der Waals surface area contributed by atoms with E-state index in [-0.39, 0.29) is 11.7 Å². The van der Waals surface area contributed by atoms with Crippen molar-refractivity contribution in [1.29, 1.82) is 5.26 Å². The molecule has 0 aliphatic carbocycles. The van der Waals surface area contributed by atoms with Crippen LogP contribution in [0.1, 0.15) is 19.4 Å². The van der Waals surface area contributed by atoms with E-state index in [1.807, 2.05) is 12.1 Å². The summed E-state index contributed by atoms with van der Waals surface area (Å²) < 4.78 is 13.6. The summed E-state index contributed by atoms with van der Waals surface area (Å²) in [5.41, 5.74) is -0.303. The number of amides is 1. The molecule has 0 N–H and O–H groups in total. The second-order valence-electron chi connectivity index (χ2n) is 5.90. The SMILES string of the molecule is CC(C)(C#N)C(=O)N1CCN(Cc2ccccc2F)CC1. The first-order valence-corrected chi connectivity index (χ1v) is 7.10. The quantitative estimate of drug-likeness (QED) is 0.855. The van der Waals surface area contributed by atoms with Gasteiger partial charge in [-0.25, -0.2) is 4.39 Å². The van der Waals surface area contributed by atoms with Gasteiger partial charge in [-0.05, 0) is 19.9 Å². The van der Waals surface area contributed by atoms with Crippen molar-refractivity contribution in [1.82, 2.24) is 9.80 Å². The molecule has 1 aromatic rings. The molecule has 1 aliphatic rings. The third-order valence-corrected chi connectivity index (χ3v) is 3.83. The molecular formula is C16H20FN3O. The molecule has 0 atom stereocenters. The number of nitriles is 1. The maximum absolute atomic E-state index is 13.6. The molecule has 0 saturated carbocycles. The Hall–Kier alpha value is -1.93. The van der Waals surface area contributed by atoms with Crippen molar-refractivity contribution < 1.29 is 9.18 Å². The van der Waals surface area contributed by atoms with Crippen LogP contribution in [0.5, 0.6) is 0 Å². The summed E-state index contributed by atoms with van der Waals surface area (Å²) in [6, 6.07) is 8.80. The fourth-order valence-electron chi connectivity index (χ4n) is 2.42. The zero-order chi connectivity index (χ0) is 15.5. The average Bonchev–Trinajstić information content (AvgIpc) is 2.49. The van der Waals surface area contributed by atoms with E-state index in [2.05, 4.69) is 4.90 Å². The zero-order valence-corrected chi connectivity index (χ0v) is 12.5. The van der Waals surface area contributed by atoms with Crippen LogP contribution in [0.4, 0.5) is 4.39 Å². The number of hydrogen-bond acceptors (Lipinski definition) is 3. The summed E-state index contributed by atoms with van der Waals surface area (Å²) in [6.45, 7) is 6.39. The van der Waals surface area contributed by atoms with Crippen LogP contribution in [0.15, 0.2) is 24.3 Å². The Kier molecular flexibility index (Phi) is 4.59.